The van der Waals surface area contributed by atoms with E-state index in [1.165, 1.54) is 0 Å². The first-order valence-corrected chi connectivity index (χ1v) is 5.50. The third-order valence-corrected chi connectivity index (χ3v) is 2.02. The van der Waals surface area contributed by atoms with Crippen molar-refractivity contribution in [3.63, 3.8) is 0 Å². The molecule has 1 aromatic carbocycles. The summed E-state index contributed by atoms with van der Waals surface area (Å²) in [5, 5.41) is 5.21. The minimum atomic E-state index is -0.566. The number of carbonyl (C=O) groups excluding carboxylic acids is 2. The Bertz CT molecular complexity index is 404. The van der Waals surface area contributed by atoms with E-state index in [-0.39, 0.29) is 12.5 Å². The Morgan fingerprint density at radius 3 is 2.59 bits per heavy atom. The zero-order valence-corrected chi connectivity index (χ0v) is 9.95. The van der Waals surface area contributed by atoms with E-state index < -0.39 is 6.09 Å². The van der Waals surface area contributed by atoms with E-state index in [1.54, 1.807) is 31.2 Å². The lowest BCUT2D eigenvalue weighted by molar-refractivity contribution is 0.0956. The van der Waals surface area contributed by atoms with Crippen molar-refractivity contribution in [2.45, 2.75) is 13.8 Å². The summed E-state index contributed by atoms with van der Waals surface area (Å²) in [6, 6.07) is 6.78. The highest BCUT2D eigenvalue weighted by Gasteiger charge is 2.12. The predicted octanol–water partition coefficient (Wildman–Crippen LogP) is 2.00. The van der Waals surface area contributed by atoms with Crippen LogP contribution in [0.2, 0.25) is 0 Å². The van der Waals surface area contributed by atoms with Crippen LogP contribution in [0.3, 0.4) is 0 Å². The maximum atomic E-state index is 11.7. The molecule has 0 aliphatic heterocycles. The van der Waals surface area contributed by atoms with E-state index in [0.29, 0.717) is 17.8 Å². The van der Waals surface area contributed by atoms with Crippen molar-refractivity contribution in [3.05, 3.63) is 29.8 Å². The number of para-hydroxylation sites is 1. The highest BCUT2D eigenvalue weighted by molar-refractivity contribution is 6.02. The average Bonchev–Trinajstić information content (AvgIpc) is 2.30. The highest BCUT2D eigenvalue weighted by atomic mass is 16.5. The van der Waals surface area contributed by atoms with Gasteiger partial charge in [-0.25, -0.2) is 4.79 Å². The van der Waals surface area contributed by atoms with E-state index in [9.17, 15) is 9.59 Å². The SMILES string of the molecule is CCNC(=O)c1ccccc1NC(=O)OCC. The molecule has 1 aromatic rings. The Morgan fingerprint density at radius 2 is 1.94 bits per heavy atom. The van der Waals surface area contributed by atoms with E-state index in [1.807, 2.05) is 6.92 Å². The van der Waals surface area contributed by atoms with Crippen LogP contribution in [0, 0.1) is 0 Å². The van der Waals surface area contributed by atoms with Gasteiger partial charge in [-0.05, 0) is 26.0 Å². The van der Waals surface area contributed by atoms with Gasteiger partial charge in [-0.2, -0.15) is 0 Å². The standard InChI is InChI=1S/C12H16N2O3/c1-3-13-11(15)9-7-5-6-8-10(9)14-12(16)17-4-2/h5-8H,3-4H2,1-2H3,(H,13,15)(H,14,16). The predicted molar refractivity (Wildman–Crippen MR) is 65.1 cm³/mol. The fraction of sp³-hybridized carbons (Fsp3) is 0.333. The molecule has 2 amide bonds. The molecule has 0 saturated heterocycles. The van der Waals surface area contributed by atoms with Gasteiger partial charge in [0.25, 0.3) is 5.91 Å². The third kappa shape index (κ3) is 3.79. The Kier molecular flexibility index (Phi) is 5.00. The monoisotopic (exact) mass is 236 g/mol. The number of hydrogen-bond donors (Lipinski definition) is 2. The largest absolute Gasteiger partial charge is 0.450 e. The van der Waals surface area contributed by atoms with E-state index in [4.69, 9.17) is 4.74 Å². The quantitative estimate of drug-likeness (QED) is 0.840. The highest BCUT2D eigenvalue weighted by Crippen LogP contribution is 2.15. The van der Waals surface area contributed by atoms with Crippen molar-refractivity contribution in [2.75, 3.05) is 18.5 Å². The van der Waals surface area contributed by atoms with Gasteiger partial charge in [0.2, 0.25) is 0 Å². The van der Waals surface area contributed by atoms with Crippen molar-refractivity contribution < 1.29 is 14.3 Å². The van der Waals surface area contributed by atoms with Gasteiger partial charge < -0.3 is 10.1 Å². The molecular formula is C12H16N2O3. The van der Waals surface area contributed by atoms with Crippen molar-refractivity contribution in [1.29, 1.82) is 0 Å². The van der Waals surface area contributed by atoms with Gasteiger partial charge in [-0.1, -0.05) is 12.1 Å². The third-order valence-electron chi connectivity index (χ3n) is 2.02. The maximum absolute atomic E-state index is 11.7. The minimum absolute atomic E-state index is 0.222. The van der Waals surface area contributed by atoms with Crippen molar-refractivity contribution in [2.24, 2.45) is 0 Å². The maximum Gasteiger partial charge on any atom is 0.411 e. The first-order chi connectivity index (χ1) is 8.19. The van der Waals surface area contributed by atoms with Crippen LogP contribution < -0.4 is 10.6 Å². The fourth-order valence-electron chi connectivity index (χ4n) is 1.32. The smallest absolute Gasteiger partial charge is 0.411 e. The average molecular weight is 236 g/mol. The molecule has 1 rings (SSSR count). The summed E-state index contributed by atoms with van der Waals surface area (Å²) in [7, 11) is 0. The molecule has 5 heteroatoms. The summed E-state index contributed by atoms with van der Waals surface area (Å²) in [5.41, 5.74) is 0.860. The molecule has 0 atom stereocenters. The number of amides is 2. The molecule has 0 radical (unpaired) electrons. The number of hydrogen-bond acceptors (Lipinski definition) is 3. The lowest BCUT2D eigenvalue weighted by Crippen LogP contribution is -2.25. The number of ether oxygens (including phenoxy) is 1. The molecule has 0 unspecified atom stereocenters. The van der Waals surface area contributed by atoms with E-state index in [2.05, 4.69) is 10.6 Å². The van der Waals surface area contributed by atoms with Gasteiger partial charge in [0.1, 0.15) is 0 Å². The Hall–Kier alpha value is -2.04. The summed E-state index contributed by atoms with van der Waals surface area (Å²) >= 11 is 0. The minimum Gasteiger partial charge on any atom is -0.450 e. The van der Waals surface area contributed by atoms with Gasteiger partial charge >= 0.3 is 6.09 Å². The molecule has 5 nitrogen and oxygen atoms in total. The van der Waals surface area contributed by atoms with Gasteiger partial charge in [0.05, 0.1) is 17.9 Å². The summed E-state index contributed by atoms with van der Waals surface area (Å²) < 4.78 is 4.76. The second kappa shape index (κ2) is 6.52. The van der Waals surface area contributed by atoms with Crippen molar-refractivity contribution in [3.8, 4) is 0 Å². The van der Waals surface area contributed by atoms with Crippen molar-refractivity contribution >= 4 is 17.7 Å². The van der Waals surface area contributed by atoms with Crippen LogP contribution in [0.15, 0.2) is 24.3 Å². The second-order valence-corrected chi connectivity index (χ2v) is 3.25. The molecule has 0 aliphatic rings. The van der Waals surface area contributed by atoms with Crippen LogP contribution in [0.25, 0.3) is 0 Å². The topological polar surface area (TPSA) is 67.4 Å². The van der Waals surface area contributed by atoms with Crippen LogP contribution in [0.1, 0.15) is 24.2 Å². The van der Waals surface area contributed by atoms with E-state index in [0.717, 1.165) is 0 Å². The van der Waals surface area contributed by atoms with E-state index >= 15 is 0 Å². The van der Waals surface area contributed by atoms with Crippen LogP contribution >= 0.6 is 0 Å². The Labute approximate surface area is 100 Å². The molecule has 0 saturated carbocycles. The number of nitrogens with one attached hydrogen (secondary N) is 2. The van der Waals surface area contributed by atoms with Gasteiger partial charge in [0.15, 0.2) is 0 Å². The van der Waals surface area contributed by atoms with Gasteiger partial charge in [-0.15, -0.1) is 0 Å². The summed E-state index contributed by atoms with van der Waals surface area (Å²) in [5.74, 6) is -0.222. The van der Waals surface area contributed by atoms with Gasteiger partial charge in [-0.3, -0.25) is 10.1 Å². The molecule has 0 fully saturated rings. The lowest BCUT2D eigenvalue weighted by atomic mass is 10.1. The first-order valence-electron chi connectivity index (χ1n) is 5.50. The number of rotatable bonds is 4. The normalized spacial score (nSPS) is 9.53. The fourth-order valence-corrected chi connectivity index (χ4v) is 1.32. The summed E-state index contributed by atoms with van der Waals surface area (Å²) in [6.07, 6.45) is -0.566. The molecule has 0 bridgehead atoms. The first kappa shape index (κ1) is 13.0. The summed E-state index contributed by atoms with van der Waals surface area (Å²) in [6.45, 7) is 4.37. The molecular weight excluding hydrogens is 220 g/mol. The number of anilines is 1. The van der Waals surface area contributed by atoms with Gasteiger partial charge in [0, 0.05) is 6.54 Å². The second-order valence-electron chi connectivity index (χ2n) is 3.25. The van der Waals surface area contributed by atoms with Crippen LogP contribution in [0.5, 0.6) is 0 Å². The molecule has 0 heterocycles. The summed E-state index contributed by atoms with van der Waals surface area (Å²) in [4.78, 5) is 23.0. The molecule has 92 valence electrons. The molecule has 17 heavy (non-hydrogen) atoms. The zero-order valence-electron chi connectivity index (χ0n) is 9.95. The number of benzene rings is 1. The zero-order chi connectivity index (χ0) is 12.7. The number of carbonyl (C=O) groups is 2. The Balaban J connectivity index is 2.84. The Morgan fingerprint density at radius 1 is 1.24 bits per heavy atom. The van der Waals surface area contributed by atoms with Crippen LogP contribution in [-0.4, -0.2) is 25.2 Å². The molecule has 2 N–H and O–H groups in total. The molecule has 0 spiro atoms. The van der Waals surface area contributed by atoms with Crippen LogP contribution in [0.4, 0.5) is 10.5 Å². The molecule has 0 aromatic heterocycles. The lowest BCUT2D eigenvalue weighted by Gasteiger charge is -2.10. The molecule has 0 aliphatic carbocycles. The van der Waals surface area contributed by atoms with Crippen LogP contribution in [-0.2, 0) is 4.74 Å². The van der Waals surface area contributed by atoms with Crippen molar-refractivity contribution in [1.82, 2.24) is 5.32 Å².